The molecule has 2 aliphatic rings. The highest BCUT2D eigenvalue weighted by Gasteiger charge is 2.33. The summed E-state index contributed by atoms with van der Waals surface area (Å²) in [6.45, 7) is 3.85. The topological polar surface area (TPSA) is 60.9 Å². The van der Waals surface area contributed by atoms with E-state index in [2.05, 4.69) is 11.0 Å². The number of carbonyl (C=O) groups is 1. The number of sulfonamides is 1. The van der Waals surface area contributed by atoms with Crippen LogP contribution in [0.1, 0.15) is 27.2 Å². The summed E-state index contributed by atoms with van der Waals surface area (Å²) in [7, 11) is -1.66. The lowest BCUT2D eigenvalue weighted by Crippen LogP contribution is -2.38. The number of hydrogen-bond acceptors (Lipinski definition) is 5. The fourth-order valence-electron chi connectivity index (χ4n) is 3.86. The number of likely N-dealkylation sites (N-methyl/N-ethyl adjacent to an activating group) is 1. The summed E-state index contributed by atoms with van der Waals surface area (Å²) in [4.78, 5) is 17.6. The highest BCUT2D eigenvalue weighted by atomic mass is 32.2. The fourth-order valence-corrected chi connectivity index (χ4v) is 6.65. The summed E-state index contributed by atoms with van der Waals surface area (Å²) in [5.41, 5.74) is 2.24. The van der Waals surface area contributed by atoms with E-state index in [9.17, 15) is 13.2 Å². The highest BCUT2D eigenvalue weighted by Crippen LogP contribution is 2.30. The van der Waals surface area contributed by atoms with E-state index in [4.69, 9.17) is 0 Å². The molecule has 0 bridgehead atoms. The highest BCUT2D eigenvalue weighted by molar-refractivity contribution is 7.89. The van der Waals surface area contributed by atoms with Crippen molar-refractivity contribution in [1.82, 2.24) is 14.1 Å². The number of carbonyl (C=O) groups excluding carboxylic acids is 1. The fraction of sp³-hybridized carbons (Fsp3) is 0.450. The molecule has 6 nitrogen and oxygen atoms in total. The monoisotopic (exact) mass is 419 g/mol. The van der Waals surface area contributed by atoms with Crippen molar-refractivity contribution in [2.24, 2.45) is 0 Å². The number of nitrogens with zero attached hydrogens (tertiary/aromatic N) is 3. The van der Waals surface area contributed by atoms with E-state index in [-0.39, 0.29) is 10.8 Å². The van der Waals surface area contributed by atoms with Crippen LogP contribution in [0.4, 0.5) is 0 Å². The van der Waals surface area contributed by atoms with Gasteiger partial charge in [-0.05, 0) is 49.0 Å². The average Bonchev–Trinajstić information content (AvgIpc) is 3.10. The van der Waals surface area contributed by atoms with Crippen molar-refractivity contribution in [2.45, 2.75) is 24.3 Å². The molecule has 1 aromatic heterocycles. The summed E-state index contributed by atoms with van der Waals surface area (Å²) in [6, 6.07) is 9.53. The van der Waals surface area contributed by atoms with Gasteiger partial charge in [-0.25, -0.2) is 8.42 Å². The molecule has 0 aliphatic carbocycles. The third-order valence-corrected chi connectivity index (χ3v) is 8.46. The van der Waals surface area contributed by atoms with Crippen molar-refractivity contribution >= 4 is 27.3 Å². The van der Waals surface area contributed by atoms with Crippen LogP contribution >= 0.6 is 11.3 Å². The Bertz CT molecular complexity index is 971. The lowest BCUT2D eigenvalue weighted by atomic mass is 10.0. The zero-order valence-corrected chi connectivity index (χ0v) is 17.6. The van der Waals surface area contributed by atoms with Crippen molar-refractivity contribution in [3.05, 3.63) is 51.7 Å². The lowest BCUT2D eigenvalue weighted by Gasteiger charge is -2.28. The van der Waals surface area contributed by atoms with E-state index in [1.54, 1.807) is 16.3 Å². The van der Waals surface area contributed by atoms with Gasteiger partial charge in [0.1, 0.15) is 9.77 Å². The van der Waals surface area contributed by atoms with E-state index in [1.165, 1.54) is 21.2 Å². The van der Waals surface area contributed by atoms with Gasteiger partial charge < -0.3 is 9.80 Å². The van der Waals surface area contributed by atoms with Gasteiger partial charge in [-0.3, -0.25) is 4.79 Å². The van der Waals surface area contributed by atoms with Crippen molar-refractivity contribution in [3.63, 3.8) is 0 Å². The quantitative estimate of drug-likeness (QED) is 0.766. The van der Waals surface area contributed by atoms with Gasteiger partial charge in [-0.1, -0.05) is 24.3 Å². The Balaban J connectivity index is 1.59. The molecule has 4 rings (SSSR count). The molecule has 1 aromatic carbocycles. The maximum absolute atomic E-state index is 13.3. The first-order valence-electron chi connectivity index (χ1n) is 9.59. The van der Waals surface area contributed by atoms with Crippen LogP contribution in [0.25, 0.3) is 0 Å². The zero-order chi connectivity index (χ0) is 19.7. The lowest BCUT2D eigenvalue weighted by molar-refractivity contribution is 0.0764. The van der Waals surface area contributed by atoms with Crippen molar-refractivity contribution in [1.29, 1.82) is 0 Å². The second-order valence-electron chi connectivity index (χ2n) is 7.42. The van der Waals surface area contributed by atoms with E-state index in [1.807, 2.05) is 25.2 Å². The van der Waals surface area contributed by atoms with Gasteiger partial charge in [0, 0.05) is 32.7 Å². The summed E-state index contributed by atoms with van der Waals surface area (Å²) in [6.07, 6.45) is 1.60. The van der Waals surface area contributed by atoms with Gasteiger partial charge >= 0.3 is 0 Å². The van der Waals surface area contributed by atoms with Crippen LogP contribution in [0.3, 0.4) is 0 Å². The van der Waals surface area contributed by atoms with E-state index in [0.717, 1.165) is 25.1 Å². The molecule has 1 fully saturated rings. The Morgan fingerprint density at radius 1 is 1.00 bits per heavy atom. The predicted octanol–water partition coefficient (Wildman–Crippen LogP) is 2.27. The van der Waals surface area contributed by atoms with Crippen molar-refractivity contribution in [3.8, 4) is 0 Å². The molecule has 3 heterocycles. The van der Waals surface area contributed by atoms with Gasteiger partial charge in [0.2, 0.25) is 10.0 Å². The normalized spacial score (nSPS) is 19.2. The number of rotatable bonds is 3. The minimum atomic E-state index is -3.71. The van der Waals surface area contributed by atoms with Gasteiger partial charge in [0.25, 0.3) is 5.91 Å². The second kappa shape index (κ2) is 7.94. The number of benzene rings is 1. The minimum absolute atomic E-state index is 0.152. The maximum atomic E-state index is 13.3. The van der Waals surface area contributed by atoms with Crippen LogP contribution in [0.2, 0.25) is 0 Å². The predicted molar refractivity (Wildman–Crippen MR) is 110 cm³/mol. The molecule has 0 N–H and O–H groups in total. The summed E-state index contributed by atoms with van der Waals surface area (Å²) in [5.74, 6) is -0.165. The van der Waals surface area contributed by atoms with E-state index in [0.29, 0.717) is 37.5 Å². The van der Waals surface area contributed by atoms with E-state index < -0.39 is 10.0 Å². The number of thiophene rings is 1. The van der Waals surface area contributed by atoms with Crippen LogP contribution in [-0.2, 0) is 23.0 Å². The van der Waals surface area contributed by atoms with Crippen molar-refractivity contribution < 1.29 is 13.2 Å². The Morgan fingerprint density at radius 3 is 2.61 bits per heavy atom. The van der Waals surface area contributed by atoms with Crippen LogP contribution in [0.15, 0.2) is 40.6 Å². The standard InChI is InChI=1S/C20H25N3O3S2/c1-21-9-4-10-22(13-12-21)20(24)19-18(8-14-27-19)28(25,26)23-11-7-16-5-2-3-6-17(16)15-23/h2-3,5-6,8,14H,4,7,9-13,15H2,1H3. The SMILES string of the molecule is CN1CCCN(C(=O)c2sccc2S(=O)(=O)N2CCc3ccccc3C2)CC1. The molecule has 8 heteroatoms. The number of fused-ring (bicyclic) bond motifs is 1. The first-order valence-corrected chi connectivity index (χ1v) is 11.9. The average molecular weight is 420 g/mol. The Hall–Kier alpha value is -1.74. The zero-order valence-electron chi connectivity index (χ0n) is 16.0. The molecule has 0 unspecified atom stereocenters. The molecule has 0 atom stereocenters. The molecule has 0 spiro atoms. The van der Waals surface area contributed by atoms with Gasteiger partial charge in [0.15, 0.2) is 0 Å². The Labute approximate surface area is 170 Å². The van der Waals surface area contributed by atoms with Crippen LogP contribution in [-0.4, -0.2) is 68.2 Å². The molecule has 28 heavy (non-hydrogen) atoms. The van der Waals surface area contributed by atoms with Gasteiger partial charge in [-0.2, -0.15) is 4.31 Å². The number of amides is 1. The third-order valence-electron chi connectivity index (χ3n) is 5.54. The summed E-state index contributed by atoms with van der Waals surface area (Å²) >= 11 is 1.22. The first-order chi connectivity index (χ1) is 13.5. The Kier molecular flexibility index (Phi) is 5.55. The molecule has 1 amide bonds. The van der Waals surface area contributed by atoms with Crippen LogP contribution in [0.5, 0.6) is 0 Å². The summed E-state index contributed by atoms with van der Waals surface area (Å²) in [5, 5.41) is 1.71. The molecule has 1 saturated heterocycles. The van der Waals surface area contributed by atoms with Gasteiger partial charge in [0.05, 0.1) is 0 Å². The maximum Gasteiger partial charge on any atom is 0.265 e. The Morgan fingerprint density at radius 2 is 1.79 bits per heavy atom. The minimum Gasteiger partial charge on any atom is -0.337 e. The molecule has 0 radical (unpaired) electrons. The third kappa shape index (κ3) is 3.74. The molecule has 0 saturated carbocycles. The second-order valence-corrected chi connectivity index (χ2v) is 10.2. The largest absolute Gasteiger partial charge is 0.337 e. The molecular weight excluding hydrogens is 394 g/mol. The molecule has 2 aliphatic heterocycles. The molecule has 150 valence electrons. The van der Waals surface area contributed by atoms with Crippen LogP contribution < -0.4 is 0 Å². The van der Waals surface area contributed by atoms with Crippen LogP contribution in [0, 0.1) is 0 Å². The first kappa shape index (κ1) is 19.6. The van der Waals surface area contributed by atoms with Crippen molar-refractivity contribution in [2.75, 3.05) is 39.8 Å². The molecule has 2 aromatic rings. The smallest absolute Gasteiger partial charge is 0.265 e. The summed E-state index contributed by atoms with van der Waals surface area (Å²) < 4.78 is 28.2. The van der Waals surface area contributed by atoms with Gasteiger partial charge in [-0.15, -0.1) is 11.3 Å². The van der Waals surface area contributed by atoms with E-state index >= 15 is 0 Å². The number of hydrogen-bond donors (Lipinski definition) is 0. The molecular formula is C20H25N3O3S2.